The van der Waals surface area contributed by atoms with E-state index in [9.17, 15) is 4.39 Å². The summed E-state index contributed by atoms with van der Waals surface area (Å²) in [5, 5.41) is 3.42. The molecular formula is C13H18FN. The van der Waals surface area contributed by atoms with E-state index in [2.05, 4.69) is 5.32 Å². The van der Waals surface area contributed by atoms with Crippen LogP contribution in [0.4, 0.5) is 4.39 Å². The van der Waals surface area contributed by atoms with Gasteiger partial charge in [-0.15, -0.1) is 0 Å². The van der Waals surface area contributed by atoms with E-state index in [1.54, 1.807) is 12.1 Å². The van der Waals surface area contributed by atoms with Crippen molar-refractivity contribution < 1.29 is 4.39 Å². The van der Waals surface area contributed by atoms with Crippen LogP contribution >= 0.6 is 0 Å². The summed E-state index contributed by atoms with van der Waals surface area (Å²) in [4.78, 5) is 0. The monoisotopic (exact) mass is 207 g/mol. The van der Waals surface area contributed by atoms with Crippen molar-refractivity contribution in [3.63, 3.8) is 0 Å². The van der Waals surface area contributed by atoms with Crippen LogP contribution in [0.5, 0.6) is 0 Å². The molecule has 1 nitrogen and oxygen atoms in total. The molecule has 0 bridgehead atoms. The summed E-state index contributed by atoms with van der Waals surface area (Å²) in [5.74, 6) is 0.668. The van der Waals surface area contributed by atoms with Gasteiger partial charge in [-0.2, -0.15) is 0 Å². The molecule has 0 amide bonds. The second-order valence-electron chi connectivity index (χ2n) is 4.38. The highest BCUT2D eigenvalue weighted by atomic mass is 19.1. The third-order valence-electron chi connectivity index (χ3n) is 3.15. The highest BCUT2D eigenvalue weighted by Gasteiger charge is 2.12. The summed E-state index contributed by atoms with van der Waals surface area (Å²) in [7, 11) is 0. The fourth-order valence-electron chi connectivity index (χ4n) is 2.19. The van der Waals surface area contributed by atoms with Crippen molar-refractivity contribution in [1.29, 1.82) is 0 Å². The van der Waals surface area contributed by atoms with Gasteiger partial charge < -0.3 is 5.32 Å². The Bertz CT molecular complexity index is 288. The Hall–Kier alpha value is -0.890. The van der Waals surface area contributed by atoms with Gasteiger partial charge >= 0.3 is 0 Å². The molecule has 2 rings (SSSR count). The molecule has 1 fully saturated rings. The largest absolute Gasteiger partial charge is 0.316 e. The number of rotatable bonds is 3. The number of benzene rings is 1. The standard InChI is InChI=1S/C13H18FN/c14-13-7-5-11(6-8-13)3-4-12-2-1-9-15-10-12/h5-8,12,15H,1-4,9-10H2/t12-/m1/s1. The highest BCUT2D eigenvalue weighted by Crippen LogP contribution is 2.17. The van der Waals surface area contributed by atoms with Crippen molar-refractivity contribution >= 4 is 0 Å². The number of nitrogens with one attached hydrogen (secondary N) is 1. The van der Waals surface area contributed by atoms with Crippen LogP contribution in [0.25, 0.3) is 0 Å². The molecule has 1 N–H and O–H groups in total. The van der Waals surface area contributed by atoms with Crippen molar-refractivity contribution in [2.75, 3.05) is 13.1 Å². The second-order valence-corrected chi connectivity index (χ2v) is 4.38. The lowest BCUT2D eigenvalue weighted by Crippen LogP contribution is -2.29. The van der Waals surface area contributed by atoms with E-state index in [-0.39, 0.29) is 5.82 Å². The molecule has 1 aliphatic rings. The molecule has 82 valence electrons. The maximum atomic E-state index is 12.7. The molecule has 2 heteroatoms. The molecule has 15 heavy (non-hydrogen) atoms. The predicted molar refractivity (Wildman–Crippen MR) is 60.3 cm³/mol. The minimum Gasteiger partial charge on any atom is -0.316 e. The van der Waals surface area contributed by atoms with Gasteiger partial charge in [0.05, 0.1) is 0 Å². The van der Waals surface area contributed by atoms with E-state index in [1.165, 1.54) is 31.4 Å². The first-order valence-electron chi connectivity index (χ1n) is 5.80. The van der Waals surface area contributed by atoms with E-state index in [0.717, 1.165) is 18.9 Å². The van der Waals surface area contributed by atoms with E-state index < -0.39 is 0 Å². The van der Waals surface area contributed by atoms with E-state index in [0.29, 0.717) is 0 Å². The molecular weight excluding hydrogens is 189 g/mol. The molecule has 0 unspecified atom stereocenters. The number of halogens is 1. The minimum atomic E-state index is -0.141. The lowest BCUT2D eigenvalue weighted by Gasteiger charge is -2.22. The summed E-state index contributed by atoms with van der Waals surface area (Å²) in [6.07, 6.45) is 4.94. The van der Waals surface area contributed by atoms with Crippen molar-refractivity contribution in [2.45, 2.75) is 25.7 Å². The van der Waals surface area contributed by atoms with Gasteiger partial charge in [-0.3, -0.25) is 0 Å². The zero-order valence-corrected chi connectivity index (χ0v) is 9.01. The highest BCUT2D eigenvalue weighted by molar-refractivity contribution is 5.16. The summed E-state index contributed by atoms with van der Waals surface area (Å²) in [6.45, 7) is 2.33. The van der Waals surface area contributed by atoms with Crippen molar-refractivity contribution in [2.24, 2.45) is 5.92 Å². The van der Waals surface area contributed by atoms with Gasteiger partial charge in [-0.05, 0) is 62.4 Å². The Morgan fingerprint density at radius 3 is 2.73 bits per heavy atom. The molecule has 0 spiro atoms. The summed E-state index contributed by atoms with van der Waals surface area (Å²) < 4.78 is 12.7. The van der Waals surface area contributed by atoms with Gasteiger partial charge in [0.1, 0.15) is 5.82 Å². The van der Waals surface area contributed by atoms with Crippen LogP contribution in [0.3, 0.4) is 0 Å². The fourth-order valence-corrected chi connectivity index (χ4v) is 2.19. The fraction of sp³-hybridized carbons (Fsp3) is 0.538. The third kappa shape index (κ3) is 3.31. The second kappa shape index (κ2) is 5.26. The molecule has 1 saturated heterocycles. The normalized spacial score (nSPS) is 21.5. The Labute approximate surface area is 90.7 Å². The zero-order valence-electron chi connectivity index (χ0n) is 9.01. The maximum Gasteiger partial charge on any atom is 0.123 e. The Morgan fingerprint density at radius 2 is 2.07 bits per heavy atom. The van der Waals surface area contributed by atoms with Crippen LogP contribution in [0.1, 0.15) is 24.8 Å². The number of piperidine rings is 1. The lowest BCUT2D eigenvalue weighted by atomic mass is 9.93. The molecule has 1 aromatic rings. The van der Waals surface area contributed by atoms with Crippen molar-refractivity contribution in [3.8, 4) is 0 Å². The topological polar surface area (TPSA) is 12.0 Å². The van der Waals surface area contributed by atoms with Gasteiger partial charge in [-0.1, -0.05) is 12.1 Å². The summed E-state index contributed by atoms with van der Waals surface area (Å²) in [5.41, 5.74) is 1.25. The molecule has 1 atom stereocenters. The maximum absolute atomic E-state index is 12.7. The summed E-state index contributed by atoms with van der Waals surface area (Å²) in [6, 6.07) is 6.89. The Balaban J connectivity index is 1.79. The van der Waals surface area contributed by atoms with Crippen LogP contribution in [0, 0.1) is 11.7 Å². The van der Waals surface area contributed by atoms with Crippen LogP contribution < -0.4 is 5.32 Å². The van der Waals surface area contributed by atoms with Crippen LogP contribution in [-0.2, 0) is 6.42 Å². The number of hydrogen-bond donors (Lipinski definition) is 1. The molecule has 0 aromatic heterocycles. The first-order chi connectivity index (χ1) is 7.34. The third-order valence-corrected chi connectivity index (χ3v) is 3.15. The molecule has 0 radical (unpaired) electrons. The lowest BCUT2D eigenvalue weighted by molar-refractivity contribution is 0.358. The van der Waals surface area contributed by atoms with Crippen LogP contribution in [-0.4, -0.2) is 13.1 Å². The Kier molecular flexibility index (Phi) is 3.73. The smallest absolute Gasteiger partial charge is 0.123 e. The van der Waals surface area contributed by atoms with Gasteiger partial charge in [0.15, 0.2) is 0 Å². The molecule has 1 heterocycles. The predicted octanol–water partition coefficient (Wildman–Crippen LogP) is 2.76. The first-order valence-corrected chi connectivity index (χ1v) is 5.80. The molecule has 1 aliphatic heterocycles. The van der Waals surface area contributed by atoms with Crippen molar-refractivity contribution in [1.82, 2.24) is 5.32 Å². The number of hydrogen-bond acceptors (Lipinski definition) is 1. The quantitative estimate of drug-likeness (QED) is 0.803. The van der Waals surface area contributed by atoms with Gasteiger partial charge in [0, 0.05) is 0 Å². The average Bonchev–Trinajstić information content (AvgIpc) is 2.30. The SMILES string of the molecule is Fc1ccc(CC[C@H]2CCCNC2)cc1. The Morgan fingerprint density at radius 1 is 1.27 bits per heavy atom. The van der Waals surface area contributed by atoms with Crippen LogP contribution in [0.2, 0.25) is 0 Å². The van der Waals surface area contributed by atoms with E-state index >= 15 is 0 Å². The van der Waals surface area contributed by atoms with E-state index in [4.69, 9.17) is 0 Å². The molecule has 1 aromatic carbocycles. The first kappa shape index (κ1) is 10.6. The van der Waals surface area contributed by atoms with Gasteiger partial charge in [0.25, 0.3) is 0 Å². The van der Waals surface area contributed by atoms with Gasteiger partial charge in [0.2, 0.25) is 0 Å². The van der Waals surface area contributed by atoms with Crippen molar-refractivity contribution in [3.05, 3.63) is 35.6 Å². The van der Waals surface area contributed by atoms with Gasteiger partial charge in [-0.25, -0.2) is 4.39 Å². The molecule has 0 saturated carbocycles. The number of aryl methyl sites for hydroxylation is 1. The zero-order chi connectivity index (χ0) is 10.5. The molecule has 0 aliphatic carbocycles. The van der Waals surface area contributed by atoms with Crippen LogP contribution in [0.15, 0.2) is 24.3 Å². The van der Waals surface area contributed by atoms with E-state index in [1.807, 2.05) is 12.1 Å². The summed E-state index contributed by atoms with van der Waals surface area (Å²) >= 11 is 0. The average molecular weight is 207 g/mol. The minimum absolute atomic E-state index is 0.141.